The van der Waals surface area contributed by atoms with Gasteiger partial charge in [0.05, 0.1) is 24.2 Å². The SMILES string of the molecule is COc1ccc(C(C)(C)C)cc1NC(=O)Nc1ccc(-c2ccc(CN3CC4CC3CC4=O)nc2)c2ccccc12. The Morgan fingerprint density at radius 3 is 2.44 bits per heavy atom. The van der Waals surface area contributed by atoms with Crippen molar-refractivity contribution in [1.29, 1.82) is 0 Å². The lowest BCUT2D eigenvalue weighted by Gasteiger charge is -2.25. The lowest BCUT2D eigenvalue weighted by molar-refractivity contribution is -0.122. The average Bonchev–Trinajstić information content (AvgIpc) is 3.52. The Morgan fingerprint density at radius 1 is 1.00 bits per heavy atom. The summed E-state index contributed by atoms with van der Waals surface area (Å²) in [4.78, 5) is 32.2. The summed E-state index contributed by atoms with van der Waals surface area (Å²) in [5, 5.41) is 7.98. The van der Waals surface area contributed by atoms with E-state index in [0.29, 0.717) is 29.7 Å². The molecule has 1 saturated heterocycles. The fourth-order valence-corrected chi connectivity index (χ4v) is 6.12. The Morgan fingerprint density at radius 2 is 1.78 bits per heavy atom. The van der Waals surface area contributed by atoms with E-state index in [1.165, 1.54) is 0 Å². The van der Waals surface area contributed by atoms with Gasteiger partial charge in [-0.15, -0.1) is 0 Å². The largest absolute Gasteiger partial charge is 0.495 e. The van der Waals surface area contributed by atoms with Gasteiger partial charge >= 0.3 is 6.03 Å². The standard InChI is InChI=1S/C34H36N4O3/c1-34(2,3)23-10-14-32(41-4)30(16-23)37-33(40)36-29-13-12-26(27-7-5-6-8-28(27)29)21-9-11-24(35-18-21)20-38-19-22-15-25(38)17-31(22)39/h5-14,16,18,22,25H,15,17,19-20H2,1-4H3,(H2,36,37,40). The number of ether oxygens (including phenoxy) is 1. The van der Waals surface area contributed by atoms with Gasteiger partial charge in [0.15, 0.2) is 0 Å². The first-order valence-corrected chi connectivity index (χ1v) is 14.2. The number of anilines is 2. The van der Waals surface area contributed by atoms with Crippen LogP contribution in [-0.2, 0) is 16.8 Å². The van der Waals surface area contributed by atoms with Crippen molar-refractivity contribution >= 4 is 34.0 Å². The zero-order valence-electron chi connectivity index (χ0n) is 24.0. The van der Waals surface area contributed by atoms with Crippen LogP contribution in [0.5, 0.6) is 5.75 Å². The number of hydrogen-bond acceptors (Lipinski definition) is 5. The summed E-state index contributed by atoms with van der Waals surface area (Å²) in [7, 11) is 1.60. The van der Waals surface area contributed by atoms with Crippen LogP contribution in [-0.4, -0.2) is 41.4 Å². The van der Waals surface area contributed by atoms with E-state index in [1.54, 1.807) is 7.11 Å². The molecule has 1 aromatic heterocycles. The topological polar surface area (TPSA) is 83.6 Å². The quantitative estimate of drug-likeness (QED) is 0.271. The minimum absolute atomic E-state index is 0.0630. The van der Waals surface area contributed by atoms with Gasteiger partial charge in [-0.1, -0.05) is 63.2 Å². The summed E-state index contributed by atoms with van der Waals surface area (Å²) in [5.74, 6) is 1.25. The Balaban J connectivity index is 1.21. The molecular formula is C34H36N4O3. The van der Waals surface area contributed by atoms with Gasteiger partial charge in [0.25, 0.3) is 0 Å². The summed E-state index contributed by atoms with van der Waals surface area (Å²) in [6.07, 6.45) is 3.60. The molecule has 41 heavy (non-hydrogen) atoms. The maximum absolute atomic E-state index is 13.1. The first-order chi connectivity index (χ1) is 19.7. The van der Waals surface area contributed by atoms with Crippen molar-refractivity contribution in [2.24, 2.45) is 5.92 Å². The number of likely N-dealkylation sites (tertiary alicyclic amines) is 1. The molecule has 2 amide bonds. The van der Waals surface area contributed by atoms with Crippen LogP contribution < -0.4 is 15.4 Å². The fraction of sp³-hybridized carbons (Fsp3) is 0.324. The molecule has 210 valence electrons. The van der Waals surface area contributed by atoms with Crippen molar-refractivity contribution in [2.75, 3.05) is 24.3 Å². The number of urea groups is 1. The first-order valence-electron chi connectivity index (χ1n) is 14.2. The van der Waals surface area contributed by atoms with Crippen LogP contribution in [0.1, 0.15) is 44.9 Å². The molecule has 2 atom stereocenters. The number of carbonyl (C=O) groups excluding carboxylic acids is 2. The van der Waals surface area contributed by atoms with Crippen molar-refractivity contribution in [3.8, 4) is 16.9 Å². The summed E-state index contributed by atoms with van der Waals surface area (Å²) in [5.41, 5.74) is 5.46. The third-order valence-electron chi connectivity index (χ3n) is 8.41. The van der Waals surface area contributed by atoms with E-state index in [4.69, 9.17) is 9.72 Å². The molecule has 6 rings (SSSR count). The number of Topliss-reactive ketones (excluding diaryl/α,β-unsaturated/α-hetero) is 1. The van der Waals surface area contributed by atoms with E-state index in [2.05, 4.69) is 54.5 Å². The molecule has 4 aromatic rings. The molecule has 1 aliphatic carbocycles. The number of piperidine rings is 1. The number of fused-ring (bicyclic) bond motifs is 3. The molecule has 1 aliphatic heterocycles. The highest BCUT2D eigenvalue weighted by molar-refractivity contribution is 6.10. The number of amides is 2. The van der Waals surface area contributed by atoms with Gasteiger partial charge in [0.1, 0.15) is 11.5 Å². The molecule has 2 aliphatic rings. The van der Waals surface area contributed by atoms with Crippen molar-refractivity contribution in [3.63, 3.8) is 0 Å². The number of carbonyl (C=O) groups is 2. The summed E-state index contributed by atoms with van der Waals surface area (Å²) in [6.45, 7) is 8.03. The van der Waals surface area contributed by atoms with Crippen molar-refractivity contribution in [3.05, 3.63) is 84.2 Å². The highest BCUT2D eigenvalue weighted by Gasteiger charge is 2.43. The van der Waals surface area contributed by atoms with E-state index in [9.17, 15) is 9.59 Å². The number of pyridine rings is 1. The maximum Gasteiger partial charge on any atom is 0.323 e. The number of rotatable bonds is 6. The lowest BCUT2D eigenvalue weighted by atomic mass is 9.87. The second-order valence-electron chi connectivity index (χ2n) is 12.2. The number of hydrogen-bond donors (Lipinski definition) is 2. The number of nitrogens with zero attached hydrogens (tertiary/aromatic N) is 2. The Labute approximate surface area is 240 Å². The van der Waals surface area contributed by atoms with Gasteiger partial charge in [0, 0.05) is 48.6 Å². The zero-order valence-corrected chi connectivity index (χ0v) is 24.0. The summed E-state index contributed by atoms with van der Waals surface area (Å²) < 4.78 is 5.50. The molecule has 3 aromatic carbocycles. The monoisotopic (exact) mass is 548 g/mol. The van der Waals surface area contributed by atoms with Crippen LogP contribution in [0.3, 0.4) is 0 Å². The van der Waals surface area contributed by atoms with Crippen LogP contribution in [0.4, 0.5) is 16.2 Å². The van der Waals surface area contributed by atoms with Gasteiger partial charge < -0.3 is 15.4 Å². The van der Waals surface area contributed by atoms with E-state index in [0.717, 1.165) is 58.4 Å². The smallest absolute Gasteiger partial charge is 0.323 e. The van der Waals surface area contributed by atoms with E-state index >= 15 is 0 Å². The van der Waals surface area contributed by atoms with Gasteiger partial charge in [-0.3, -0.25) is 14.7 Å². The van der Waals surface area contributed by atoms with E-state index in [1.807, 2.05) is 54.7 Å². The molecule has 0 radical (unpaired) electrons. The normalized spacial score (nSPS) is 18.6. The molecule has 2 N–H and O–H groups in total. The number of ketones is 1. The minimum Gasteiger partial charge on any atom is -0.495 e. The van der Waals surface area contributed by atoms with Gasteiger partial charge in [-0.2, -0.15) is 0 Å². The van der Waals surface area contributed by atoms with Gasteiger partial charge in [-0.25, -0.2) is 4.79 Å². The second-order valence-corrected chi connectivity index (χ2v) is 12.2. The molecule has 2 heterocycles. The number of benzene rings is 3. The third kappa shape index (κ3) is 5.42. The van der Waals surface area contributed by atoms with Crippen LogP contribution >= 0.6 is 0 Å². The number of methoxy groups -OCH3 is 1. The number of nitrogens with one attached hydrogen (secondary N) is 2. The van der Waals surface area contributed by atoms with Gasteiger partial charge in [-0.05, 0) is 52.6 Å². The Hall–Kier alpha value is -4.23. The lowest BCUT2D eigenvalue weighted by Crippen LogP contribution is -2.35. The van der Waals surface area contributed by atoms with Crippen molar-refractivity contribution < 1.29 is 14.3 Å². The molecule has 7 nitrogen and oxygen atoms in total. The number of aromatic nitrogens is 1. The minimum atomic E-state index is -0.337. The molecular weight excluding hydrogens is 512 g/mol. The first kappa shape index (κ1) is 27.0. The van der Waals surface area contributed by atoms with Crippen molar-refractivity contribution in [1.82, 2.24) is 9.88 Å². The van der Waals surface area contributed by atoms with Crippen LogP contribution in [0.15, 0.2) is 72.9 Å². The molecule has 1 saturated carbocycles. The summed E-state index contributed by atoms with van der Waals surface area (Å²) >= 11 is 0. The predicted octanol–water partition coefficient (Wildman–Crippen LogP) is 7.02. The fourth-order valence-electron chi connectivity index (χ4n) is 6.12. The molecule has 2 bridgehead atoms. The summed E-state index contributed by atoms with van der Waals surface area (Å²) in [6, 6.07) is 22.1. The zero-order chi connectivity index (χ0) is 28.7. The van der Waals surface area contributed by atoms with E-state index < -0.39 is 0 Å². The average molecular weight is 549 g/mol. The molecule has 7 heteroatoms. The van der Waals surface area contributed by atoms with E-state index in [-0.39, 0.29) is 17.4 Å². The molecule has 0 spiro atoms. The Kier molecular flexibility index (Phi) is 6.99. The highest BCUT2D eigenvalue weighted by Crippen LogP contribution is 2.37. The van der Waals surface area contributed by atoms with Crippen molar-refractivity contribution in [2.45, 2.75) is 51.6 Å². The van der Waals surface area contributed by atoms with Crippen LogP contribution in [0.2, 0.25) is 0 Å². The molecule has 2 unspecified atom stereocenters. The van der Waals surface area contributed by atoms with Crippen LogP contribution in [0, 0.1) is 5.92 Å². The highest BCUT2D eigenvalue weighted by atomic mass is 16.5. The van der Waals surface area contributed by atoms with Crippen LogP contribution in [0.25, 0.3) is 21.9 Å². The predicted molar refractivity (Wildman–Crippen MR) is 163 cm³/mol. The molecule has 2 fully saturated rings. The third-order valence-corrected chi connectivity index (χ3v) is 8.41. The maximum atomic E-state index is 13.1. The Bertz CT molecular complexity index is 1620. The van der Waals surface area contributed by atoms with Gasteiger partial charge in [0.2, 0.25) is 0 Å². The second kappa shape index (κ2) is 10.6.